The van der Waals surface area contributed by atoms with E-state index in [1.54, 1.807) is 0 Å². The van der Waals surface area contributed by atoms with Gasteiger partial charge in [0.05, 0.1) is 0 Å². The Labute approximate surface area is 191 Å². The molecule has 0 spiro atoms. The number of aliphatic carboxylic acids is 1. The molecule has 0 radical (unpaired) electrons. The van der Waals surface area contributed by atoms with E-state index >= 15 is 0 Å². The van der Waals surface area contributed by atoms with Crippen LogP contribution in [0.15, 0.2) is 48.5 Å². The zero-order valence-electron chi connectivity index (χ0n) is 18.8. The summed E-state index contributed by atoms with van der Waals surface area (Å²) in [5.41, 5.74) is 10.5. The van der Waals surface area contributed by atoms with Gasteiger partial charge in [-0.3, -0.25) is 9.59 Å². The first kappa shape index (κ1) is 24.0. The Kier molecular flexibility index (Phi) is 9.29. The van der Waals surface area contributed by atoms with E-state index in [1.165, 1.54) is 22.3 Å². The molecule has 2 aromatic rings. The van der Waals surface area contributed by atoms with Crippen molar-refractivity contribution in [3.05, 3.63) is 59.7 Å². The Bertz CT molecular complexity index is 849. The third kappa shape index (κ3) is 6.67. The topological polar surface area (TPSA) is 89.6 Å². The molecule has 0 bridgehead atoms. The molecule has 1 aliphatic rings. The molecule has 5 heteroatoms. The minimum absolute atomic E-state index is 0.110. The molecule has 1 unspecified atom stereocenters. The summed E-state index contributed by atoms with van der Waals surface area (Å²) in [6.07, 6.45) is 9.35. The van der Waals surface area contributed by atoms with Crippen molar-refractivity contribution in [2.24, 2.45) is 5.73 Å². The number of carboxylic acid groups (broad SMARTS) is 1. The van der Waals surface area contributed by atoms with Gasteiger partial charge in [0.25, 0.3) is 0 Å². The second-order valence-corrected chi connectivity index (χ2v) is 8.72. The Morgan fingerprint density at radius 3 is 1.88 bits per heavy atom. The molecule has 0 amide bonds. The van der Waals surface area contributed by atoms with Crippen molar-refractivity contribution in [2.75, 3.05) is 6.61 Å². The number of ether oxygens (including phenoxy) is 1. The zero-order valence-corrected chi connectivity index (χ0v) is 18.8. The number of esters is 1. The van der Waals surface area contributed by atoms with Crippen molar-refractivity contribution in [3.63, 3.8) is 0 Å². The highest BCUT2D eigenvalue weighted by Gasteiger charge is 2.28. The van der Waals surface area contributed by atoms with Crippen molar-refractivity contribution < 1.29 is 19.4 Å². The van der Waals surface area contributed by atoms with Gasteiger partial charge in [0.1, 0.15) is 12.6 Å². The molecule has 0 aliphatic heterocycles. The van der Waals surface area contributed by atoms with Gasteiger partial charge >= 0.3 is 11.9 Å². The third-order valence-electron chi connectivity index (χ3n) is 6.34. The predicted octanol–water partition coefficient (Wildman–Crippen LogP) is 5.66. The lowest BCUT2D eigenvalue weighted by atomic mass is 9.98. The maximum Gasteiger partial charge on any atom is 0.320 e. The molecule has 1 aliphatic carbocycles. The molecule has 0 heterocycles. The maximum absolute atomic E-state index is 12.3. The van der Waals surface area contributed by atoms with Gasteiger partial charge in [-0.15, -0.1) is 0 Å². The van der Waals surface area contributed by atoms with E-state index in [1.807, 2.05) is 12.1 Å². The molecule has 5 nitrogen and oxygen atoms in total. The maximum atomic E-state index is 12.3. The largest absolute Gasteiger partial charge is 0.480 e. The summed E-state index contributed by atoms with van der Waals surface area (Å²) in [6.45, 7) is 0.401. The van der Waals surface area contributed by atoms with E-state index in [9.17, 15) is 9.59 Å². The first-order valence-electron chi connectivity index (χ1n) is 11.9. The molecular weight excluding hydrogens is 402 g/mol. The van der Waals surface area contributed by atoms with Crippen molar-refractivity contribution >= 4 is 11.9 Å². The SMILES string of the molecule is NC(CCCCCCCCCCC(=O)OCC1c2ccccc2-c2ccccc21)C(=O)O. The van der Waals surface area contributed by atoms with Crippen LogP contribution in [0.3, 0.4) is 0 Å². The van der Waals surface area contributed by atoms with E-state index in [2.05, 4.69) is 36.4 Å². The summed E-state index contributed by atoms with van der Waals surface area (Å²) in [5.74, 6) is -0.903. The lowest BCUT2D eigenvalue weighted by Crippen LogP contribution is -2.29. The van der Waals surface area contributed by atoms with Gasteiger partial charge in [-0.05, 0) is 35.1 Å². The van der Waals surface area contributed by atoms with Crippen molar-refractivity contribution in [1.82, 2.24) is 0 Å². The van der Waals surface area contributed by atoms with Crippen LogP contribution in [0.25, 0.3) is 11.1 Å². The van der Waals surface area contributed by atoms with Crippen LogP contribution in [0, 0.1) is 0 Å². The van der Waals surface area contributed by atoms with Crippen molar-refractivity contribution in [2.45, 2.75) is 76.2 Å². The fourth-order valence-corrected chi connectivity index (χ4v) is 4.51. The van der Waals surface area contributed by atoms with Crippen LogP contribution < -0.4 is 5.73 Å². The van der Waals surface area contributed by atoms with E-state index in [0.29, 0.717) is 19.4 Å². The number of hydrogen-bond acceptors (Lipinski definition) is 4. The average molecular weight is 438 g/mol. The summed E-state index contributed by atoms with van der Waals surface area (Å²) < 4.78 is 5.66. The molecule has 1 atom stereocenters. The fraction of sp³-hybridized carbons (Fsp3) is 0.481. The highest BCUT2D eigenvalue weighted by molar-refractivity contribution is 5.79. The number of carbonyl (C=O) groups excluding carboxylic acids is 1. The number of nitrogens with two attached hydrogens (primary N) is 1. The third-order valence-corrected chi connectivity index (χ3v) is 6.34. The van der Waals surface area contributed by atoms with Crippen LogP contribution in [0.4, 0.5) is 0 Å². The molecule has 2 aromatic carbocycles. The van der Waals surface area contributed by atoms with Gasteiger partial charge < -0.3 is 15.6 Å². The first-order chi connectivity index (χ1) is 15.6. The van der Waals surface area contributed by atoms with Crippen LogP contribution in [0.1, 0.15) is 81.3 Å². The molecule has 3 rings (SSSR count). The fourth-order valence-electron chi connectivity index (χ4n) is 4.51. The van der Waals surface area contributed by atoms with Gasteiger partial charge in [0.2, 0.25) is 0 Å². The Morgan fingerprint density at radius 2 is 1.31 bits per heavy atom. The lowest BCUT2D eigenvalue weighted by molar-refractivity contribution is -0.144. The molecule has 3 N–H and O–H groups in total. The van der Waals surface area contributed by atoms with Gasteiger partial charge in [-0.2, -0.15) is 0 Å². The van der Waals surface area contributed by atoms with Gasteiger partial charge in [0, 0.05) is 12.3 Å². The quantitative estimate of drug-likeness (QED) is 0.294. The highest BCUT2D eigenvalue weighted by atomic mass is 16.5. The highest BCUT2D eigenvalue weighted by Crippen LogP contribution is 2.44. The zero-order chi connectivity index (χ0) is 22.8. The molecular formula is C27H35NO4. The van der Waals surface area contributed by atoms with Crippen molar-refractivity contribution in [1.29, 1.82) is 0 Å². The molecule has 32 heavy (non-hydrogen) atoms. The number of fused-ring (bicyclic) bond motifs is 3. The van der Waals surface area contributed by atoms with Crippen molar-refractivity contribution in [3.8, 4) is 11.1 Å². The van der Waals surface area contributed by atoms with Gasteiger partial charge in [-0.1, -0.05) is 93.5 Å². The molecule has 0 saturated heterocycles. The summed E-state index contributed by atoms with van der Waals surface area (Å²) in [5, 5.41) is 8.75. The number of carboxylic acids is 1. The second kappa shape index (κ2) is 12.4. The van der Waals surface area contributed by atoms with E-state index in [0.717, 1.165) is 51.4 Å². The summed E-state index contributed by atoms with van der Waals surface area (Å²) in [6, 6.07) is 16.0. The smallest absolute Gasteiger partial charge is 0.320 e. The van der Waals surface area contributed by atoms with Crippen LogP contribution in [0.5, 0.6) is 0 Å². The monoisotopic (exact) mass is 437 g/mol. The molecule has 0 saturated carbocycles. The van der Waals surface area contributed by atoms with Crippen LogP contribution in [0.2, 0.25) is 0 Å². The number of carbonyl (C=O) groups is 2. The Hall–Kier alpha value is -2.66. The number of benzene rings is 2. The van der Waals surface area contributed by atoms with E-state index in [4.69, 9.17) is 15.6 Å². The number of hydrogen-bond donors (Lipinski definition) is 2. The minimum Gasteiger partial charge on any atom is -0.480 e. The Morgan fingerprint density at radius 1 is 0.812 bits per heavy atom. The average Bonchev–Trinajstić information content (AvgIpc) is 3.12. The lowest BCUT2D eigenvalue weighted by Gasteiger charge is -2.14. The normalized spacial score (nSPS) is 13.4. The van der Waals surface area contributed by atoms with E-state index in [-0.39, 0.29) is 11.9 Å². The Balaban J connectivity index is 1.26. The second-order valence-electron chi connectivity index (χ2n) is 8.72. The molecule has 0 aromatic heterocycles. The number of rotatable bonds is 14. The van der Waals surface area contributed by atoms with Crippen LogP contribution >= 0.6 is 0 Å². The van der Waals surface area contributed by atoms with Gasteiger partial charge in [0.15, 0.2) is 0 Å². The minimum atomic E-state index is -0.915. The standard InChI is InChI=1S/C27H35NO4/c28-25(27(30)31)17-7-5-3-1-2-4-6-8-18-26(29)32-19-24-22-15-11-9-13-20(22)21-14-10-12-16-23(21)24/h9-16,24-25H,1-8,17-19,28H2,(H,30,31). The molecule has 0 fully saturated rings. The van der Waals surface area contributed by atoms with Crippen LogP contribution in [-0.2, 0) is 14.3 Å². The van der Waals surface area contributed by atoms with E-state index < -0.39 is 12.0 Å². The summed E-state index contributed by atoms with van der Waals surface area (Å²) >= 11 is 0. The summed E-state index contributed by atoms with van der Waals surface area (Å²) in [4.78, 5) is 22.9. The number of unbranched alkanes of at least 4 members (excludes halogenated alkanes) is 7. The first-order valence-corrected chi connectivity index (χ1v) is 11.9. The van der Waals surface area contributed by atoms with Gasteiger partial charge in [-0.25, -0.2) is 0 Å². The summed E-state index contributed by atoms with van der Waals surface area (Å²) in [7, 11) is 0. The molecule has 172 valence electrons. The van der Waals surface area contributed by atoms with Crippen LogP contribution in [-0.4, -0.2) is 29.7 Å². The predicted molar refractivity (Wildman–Crippen MR) is 126 cm³/mol.